The van der Waals surface area contributed by atoms with Gasteiger partial charge in [-0.1, -0.05) is 30.3 Å². The van der Waals surface area contributed by atoms with E-state index >= 15 is 0 Å². The molecule has 0 aliphatic carbocycles. The summed E-state index contributed by atoms with van der Waals surface area (Å²) in [4.78, 5) is 9.13. The number of imidazole rings is 1. The Morgan fingerprint density at radius 2 is 1.44 bits per heavy atom. The normalized spacial score (nSPS) is 11.8. The molecule has 2 aromatic carbocycles. The molecule has 7 nitrogen and oxygen atoms in total. The maximum Gasteiger partial charge on any atom is 0.203 e. The molecular formula is C25H25N3O4. The molecule has 0 amide bonds. The third-order valence-corrected chi connectivity index (χ3v) is 5.21. The summed E-state index contributed by atoms with van der Waals surface area (Å²) < 4.78 is 18.4. The zero-order valence-electron chi connectivity index (χ0n) is 18.4. The fraction of sp³-hybridized carbons (Fsp3) is 0.200. The largest absolute Gasteiger partial charge is 0.493 e. The van der Waals surface area contributed by atoms with Crippen molar-refractivity contribution in [3.05, 3.63) is 67.0 Å². The van der Waals surface area contributed by atoms with E-state index in [4.69, 9.17) is 19.2 Å². The first kappa shape index (κ1) is 21.4. The molecule has 2 heterocycles. The highest BCUT2D eigenvalue weighted by atomic mass is 16.5. The molecule has 0 fully saturated rings. The molecule has 1 N–H and O–H groups in total. The number of aromatic nitrogens is 3. The van der Waals surface area contributed by atoms with Crippen molar-refractivity contribution in [2.45, 2.75) is 13.2 Å². The molecule has 0 bridgehead atoms. The Balaban J connectivity index is 2.07. The van der Waals surface area contributed by atoms with Crippen LogP contribution in [0.5, 0.6) is 17.2 Å². The zero-order chi connectivity index (χ0) is 22.7. The number of pyridine rings is 1. The van der Waals surface area contributed by atoms with Gasteiger partial charge in [-0.05, 0) is 31.2 Å². The van der Waals surface area contributed by atoms with Crippen LogP contribution in [0, 0.1) is 0 Å². The minimum absolute atomic E-state index is 0.502. The fourth-order valence-corrected chi connectivity index (χ4v) is 3.79. The zero-order valence-corrected chi connectivity index (χ0v) is 18.4. The highest BCUT2D eigenvalue weighted by molar-refractivity contribution is 5.84. The lowest BCUT2D eigenvalue weighted by Crippen LogP contribution is -2.08. The van der Waals surface area contributed by atoms with E-state index < -0.39 is 6.23 Å². The SMILES string of the molecule is COc1cc(-c2nc(-c3ccccc3)n(C(C)O)c2-c2ccncc2)cc(OC)c1OC. The second-order valence-electron chi connectivity index (χ2n) is 7.15. The van der Waals surface area contributed by atoms with E-state index in [1.807, 2.05) is 59.2 Å². The monoisotopic (exact) mass is 431 g/mol. The van der Waals surface area contributed by atoms with Gasteiger partial charge < -0.3 is 19.3 Å². The molecule has 0 saturated heterocycles. The van der Waals surface area contributed by atoms with Crippen molar-refractivity contribution in [2.75, 3.05) is 21.3 Å². The van der Waals surface area contributed by atoms with Crippen molar-refractivity contribution >= 4 is 0 Å². The van der Waals surface area contributed by atoms with Crippen molar-refractivity contribution in [2.24, 2.45) is 0 Å². The van der Waals surface area contributed by atoms with E-state index in [0.717, 1.165) is 22.4 Å². The van der Waals surface area contributed by atoms with E-state index in [-0.39, 0.29) is 0 Å². The second kappa shape index (κ2) is 9.11. The van der Waals surface area contributed by atoms with Gasteiger partial charge in [0.15, 0.2) is 11.5 Å². The van der Waals surface area contributed by atoms with E-state index in [9.17, 15) is 5.11 Å². The van der Waals surface area contributed by atoms with Gasteiger partial charge >= 0.3 is 0 Å². The summed E-state index contributed by atoms with van der Waals surface area (Å²) in [5, 5.41) is 10.8. The van der Waals surface area contributed by atoms with Gasteiger partial charge in [0.1, 0.15) is 12.1 Å². The smallest absolute Gasteiger partial charge is 0.203 e. The predicted molar refractivity (Wildman–Crippen MR) is 123 cm³/mol. The Hall–Kier alpha value is -3.84. The van der Waals surface area contributed by atoms with Crippen LogP contribution in [0.15, 0.2) is 67.0 Å². The average molecular weight is 431 g/mol. The third kappa shape index (κ3) is 3.78. The van der Waals surface area contributed by atoms with Crippen LogP contribution in [0.25, 0.3) is 33.9 Å². The third-order valence-electron chi connectivity index (χ3n) is 5.21. The lowest BCUT2D eigenvalue weighted by atomic mass is 10.0. The molecule has 0 radical (unpaired) electrons. The molecule has 32 heavy (non-hydrogen) atoms. The summed E-state index contributed by atoms with van der Waals surface area (Å²) in [6, 6.07) is 17.3. The van der Waals surface area contributed by atoms with Crippen LogP contribution in [-0.4, -0.2) is 41.0 Å². The standard InChI is InChI=1S/C25H25N3O4/c1-16(29)28-23(17-10-12-26-13-11-17)22(27-25(28)18-8-6-5-7-9-18)19-14-20(30-2)24(32-4)21(15-19)31-3/h5-16,29H,1-4H3. The number of benzene rings is 2. The van der Waals surface area contributed by atoms with E-state index in [1.165, 1.54) is 0 Å². The first-order valence-corrected chi connectivity index (χ1v) is 10.2. The van der Waals surface area contributed by atoms with Crippen LogP contribution in [0.1, 0.15) is 13.2 Å². The number of hydrogen-bond donors (Lipinski definition) is 1. The second-order valence-corrected chi connectivity index (χ2v) is 7.15. The van der Waals surface area contributed by atoms with E-state index in [1.54, 1.807) is 40.6 Å². The molecule has 2 aromatic heterocycles. The molecule has 7 heteroatoms. The Bertz CT molecular complexity index is 1180. The van der Waals surface area contributed by atoms with Gasteiger partial charge in [0, 0.05) is 29.1 Å². The van der Waals surface area contributed by atoms with Crippen molar-refractivity contribution in [3.63, 3.8) is 0 Å². The van der Waals surface area contributed by atoms with E-state index in [0.29, 0.717) is 28.8 Å². The molecule has 4 rings (SSSR count). The van der Waals surface area contributed by atoms with Crippen LogP contribution in [0.3, 0.4) is 0 Å². The van der Waals surface area contributed by atoms with Crippen molar-refractivity contribution in [1.82, 2.24) is 14.5 Å². The molecule has 1 unspecified atom stereocenters. The fourth-order valence-electron chi connectivity index (χ4n) is 3.79. The van der Waals surface area contributed by atoms with Gasteiger partial charge in [0.2, 0.25) is 5.75 Å². The van der Waals surface area contributed by atoms with Crippen LogP contribution in [-0.2, 0) is 0 Å². The summed E-state index contributed by atoms with van der Waals surface area (Å²) in [7, 11) is 4.72. The van der Waals surface area contributed by atoms with Crippen molar-refractivity contribution in [3.8, 4) is 51.2 Å². The summed E-state index contributed by atoms with van der Waals surface area (Å²) in [6.45, 7) is 1.72. The summed E-state index contributed by atoms with van der Waals surface area (Å²) >= 11 is 0. The molecule has 4 aromatic rings. The number of methoxy groups -OCH3 is 3. The van der Waals surface area contributed by atoms with Crippen LogP contribution < -0.4 is 14.2 Å². The summed E-state index contributed by atoms with van der Waals surface area (Å²) in [5.74, 6) is 2.20. The molecule has 0 saturated carbocycles. The first-order chi connectivity index (χ1) is 15.6. The molecule has 0 aliphatic rings. The Labute approximate surface area is 186 Å². The molecule has 1 atom stereocenters. The minimum atomic E-state index is -0.823. The van der Waals surface area contributed by atoms with Gasteiger partial charge in [-0.15, -0.1) is 0 Å². The van der Waals surface area contributed by atoms with Gasteiger partial charge in [0.25, 0.3) is 0 Å². The Morgan fingerprint density at radius 1 is 0.812 bits per heavy atom. The van der Waals surface area contributed by atoms with Crippen molar-refractivity contribution < 1.29 is 19.3 Å². The number of ether oxygens (including phenoxy) is 3. The molecular weight excluding hydrogens is 406 g/mol. The van der Waals surface area contributed by atoms with Crippen molar-refractivity contribution in [1.29, 1.82) is 0 Å². The van der Waals surface area contributed by atoms with Gasteiger partial charge in [-0.2, -0.15) is 0 Å². The topological polar surface area (TPSA) is 78.6 Å². The lowest BCUT2D eigenvalue weighted by molar-refractivity contribution is 0.128. The Morgan fingerprint density at radius 3 is 1.97 bits per heavy atom. The maximum atomic E-state index is 10.8. The minimum Gasteiger partial charge on any atom is -0.493 e. The molecule has 164 valence electrons. The van der Waals surface area contributed by atoms with E-state index in [2.05, 4.69) is 4.98 Å². The van der Waals surface area contributed by atoms with Crippen LogP contribution >= 0.6 is 0 Å². The number of nitrogens with zero attached hydrogens (tertiary/aromatic N) is 3. The lowest BCUT2D eigenvalue weighted by Gasteiger charge is -2.17. The van der Waals surface area contributed by atoms with Gasteiger partial charge in [-0.25, -0.2) is 4.98 Å². The number of aliphatic hydroxyl groups is 1. The summed E-state index contributed by atoms with van der Waals surface area (Å²) in [6.07, 6.45) is 2.61. The molecule has 0 aliphatic heterocycles. The average Bonchev–Trinajstić information content (AvgIpc) is 3.25. The van der Waals surface area contributed by atoms with Crippen LogP contribution in [0.4, 0.5) is 0 Å². The number of hydrogen-bond acceptors (Lipinski definition) is 6. The molecule has 0 spiro atoms. The number of aliphatic hydroxyl groups excluding tert-OH is 1. The number of rotatable bonds is 7. The maximum absolute atomic E-state index is 10.8. The van der Waals surface area contributed by atoms with Crippen LogP contribution in [0.2, 0.25) is 0 Å². The summed E-state index contributed by atoms with van der Waals surface area (Å²) in [5.41, 5.74) is 3.97. The van der Waals surface area contributed by atoms with Gasteiger partial charge in [0.05, 0.1) is 32.7 Å². The predicted octanol–water partition coefficient (Wildman–Crippen LogP) is 4.82. The van der Waals surface area contributed by atoms with Gasteiger partial charge in [-0.3, -0.25) is 9.55 Å². The quantitative estimate of drug-likeness (QED) is 0.452. The Kier molecular flexibility index (Phi) is 6.09. The highest BCUT2D eigenvalue weighted by Gasteiger charge is 2.25. The first-order valence-electron chi connectivity index (χ1n) is 10.2. The highest BCUT2D eigenvalue weighted by Crippen LogP contribution is 2.44.